The Hall–Kier alpha value is -1.04. The predicted octanol–water partition coefficient (Wildman–Crippen LogP) is 2.30. The van der Waals surface area contributed by atoms with Gasteiger partial charge in [-0.3, -0.25) is 4.68 Å². The lowest BCUT2D eigenvalue weighted by Gasteiger charge is -2.11. The molecule has 6 heteroatoms. The number of halogens is 3. The van der Waals surface area contributed by atoms with E-state index in [1.165, 1.54) is 0 Å². The molecule has 0 saturated carbocycles. The number of nitrogens with zero attached hydrogens (tertiary/aromatic N) is 2. The van der Waals surface area contributed by atoms with Gasteiger partial charge >= 0.3 is 6.18 Å². The number of fused-ring (bicyclic) bond motifs is 1. The fourth-order valence-electron chi connectivity index (χ4n) is 1.82. The van der Waals surface area contributed by atoms with Crippen molar-refractivity contribution in [1.82, 2.24) is 9.78 Å². The number of rotatable bonds is 3. The summed E-state index contributed by atoms with van der Waals surface area (Å²) in [5.41, 5.74) is 1.68. The smallest absolute Gasteiger partial charge is 0.366 e. The van der Waals surface area contributed by atoms with Crippen LogP contribution in [-0.2, 0) is 24.3 Å². The van der Waals surface area contributed by atoms with Gasteiger partial charge in [-0.15, -0.1) is 0 Å². The summed E-state index contributed by atoms with van der Waals surface area (Å²) in [5, 5.41) is 4.19. The summed E-state index contributed by atoms with van der Waals surface area (Å²) in [5.74, 6) is 0. The second-order valence-electron chi connectivity index (χ2n) is 3.92. The minimum Gasteiger partial charge on any atom is -0.366 e. The molecule has 2 rings (SSSR count). The molecule has 2 heterocycles. The summed E-state index contributed by atoms with van der Waals surface area (Å²) in [6, 6.07) is 1.83. The second-order valence-corrected chi connectivity index (χ2v) is 3.92. The Kier molecular flexibility index (Phi) is 3.18. The first-order chi connectivity index (χ1) is 7.54. The zero-order valence-electron chi connectivity index (χ0n) is 8.76. The second kappa shape index (κ2) is 4.45. The lowest BCUT2D eigenvalue weighted by atomic mass is 10.1. The molecule has 0 bridgehead atoms. The fourth-order valence-corrected chi connectivity index (χ4v) is 1.82. The molecule has 0 saturated heterocycles. The lowest BCUT2D eigenvalue weighted by molar-refractivity contribution is -0.176. The average Bonchev–Trinajstić information content (AvgIpc) is 2.57. The van der Waals surface area contributed by atoms with Crippen LogP contribution in [0.25, 0.3) is 0 Å². The molecule has 0 N–H and O–H groups in total. The SMILES string of the molecule is FC(F)(F)COCc1cc2n(n1)CCCC2. The highest BCUT2D eigenvalue weighted by molar-refractivity contribution is 5.11. The molecule has 0 aromatic carbocycles. The van der Waals surface area contributed by atoms with Gasteiger partial charge in [0.1, 0.15) is 6.61 Å². The van der Waals surface area contributed by atoms with Crippen LogP contribution >= 0.6 is 0 Å². The summed E-state index contributed by atoms with van der Waals surface area (Å²) in [7, 11) is 0. The van der Waals surface area contributed by atoms with Crippen LogP contribution < -0.4 is 0 Å². The van der Waals surface area contributed by atoms with E-state index in [0.29, 0.717) is 5.69 Å². The van der Waals surface area contributed by atoms with Gasteiger partial charge in [0.05, 0.1) is 12.3 Å². The van der Waals surface area contributed by atoms with E-state index in [4.69, 9.17) is 0 Å². The largest absolute Gasteiger partial charge is 0.411 e. The Balaban J connectivity index is 1.88. The van der Waals surface area contributed by atoms with E-state index in [1.54, 1.807) is 0 Å². The van der Waals surface area contributed by atoms with Crippen LogP contribution in [0, 0.1) is 0 Å². The summed E-state index contributed by atoms with van der Waals surface area (Å²) < 4.78 is 41.9. The van der Waals surface area contributed by atoms with Gasteiger partial charge < -0.3 is 4.74 Å². The van der Waals surface area contributed by atoms with E-state index in [-0.39, 0.29) is 6.61 Å². The van der Waals surface area contributed by atoms with Gasteiger partial charge in [0, 0.05) is 12.2 Å². The third kappa shape index (κ3) is 2.98. The van der Waals surface area contributed by atoms with Crippen molar-refractivity contribution in [2.75, 3.05) is 6.61 Å². The Morgan fingerprint density at radius 2 is 2.19 bits per heavy atom. The van der Waals surface area contributed by atoms with E-state index in [0.717, 1.165) is 31.5 Å². The highest BCUT2D eigenvalue weighted by atomic mass is 19.4. The number of hydrogen-bond donors (Lipinski definition) is 0. The molecule has 16 heavy (non-hydrogen) atoms. The van der Waals surface area contributed by atoms with E-state index in [2.05, 4.69) is 9.84 Å². The van der Waals surface area contributed by atoms with Crippen molar-refractivity contribution in [3.63, 3.8) is 0 Å². The minimum atomic E-state index is -4.26. The van der Waals surface area contributed by atoms with Crippen molar-refractivity contribution in [1.29, 1.82) is 0 Å². The minimum absolute atomic E-state index is 0.0699. The standard InChI is InChI=1S/C10H13F3N2O/c11-10(12,13)7-16-6-8-5-9-3-1-2-4-15(9)14-8/h5H,1-4,6-7H2. The maximum atomic E-state index is 11.8. The van der Waals surface area contributed by atoms with Crippen LogP contribution in [0.4, 0.5) is 13.2 Å². The maximum absolute atomic E-state index is 11.8. The number of aryl methyl sites for hydroxylation is 2. The molecule has 1 aliphatic heterocycles. The van der Waals surface area contributed by atoms with Gasteiger partial charge in [0.25, 0.3) is 0 Å². The van der Waals surface area contributed by atoms with Gasteiger partial charge in [-0.05, 0) is 25.3 Å². The number of aromatic nitrogens is 2. The molecule has 0 amide bonds. The van der Waals surface area contributed by atoms with Crippen LogP contribution in [0.5, 0.6) is 0 Å². The van der Waals surface area contributed by atoms with Crippen LogP contribution in [0.2, 0.25) is 0 Å². The Morgan fingerprint density at radius 3 is 2.88 bits per heavy atom. The summed E-state index contributed by atoms with van der Waals surface area (Å²) in [6.07, 6.45) is -1.11. The molecule has 90 valence electrons. The zero-order chi connectivity index (χ0) is 11.6. The summed E-state index contributed by atoms with van der Waals surface area (Å²) in [6.45, 7) is -0.427. The van der Waals surface area contributed by atoms with E-state index in [9.17, 15) is 13.2 Å². The number of ether oxygens (including phenoxy) is 1. The summed E-state index contributed by atoms with van der Waals surface area (Å²) >= 11 is 0. The van der Waals surface area contributed by atoms with Crippen molar-refractivity contribution in [3.05, 3.63) is 17.5 Å². The molecular formula is C10H13F3N2O. The average molecular weight is 234 g/mol. The first-order valence-corrected chi connectivity index (χ1v) is 5.25. The van der Waals surface area contributed by atoms with Gasteiger partial charge in [-0.1, -0.05) is 0 Å². The Labute approximate surface area is 91.2 Å². The monoisotopic (exact) mass is 234 g/mol. The first kappa shape index (κ1) is 11.4. The molecule has 0 radical (unpaired) electrons. The van der Waals surface area contributed by atoms with E-state index >= 15 is 0 Å². The van der Waals surface area contributed by atoms with Crippen LogP contribution in [0.3, 0.4) is 0 Å². The first-order valence-electron chi connectivity index (χ1n) is 5.25. The Bertz CT molecular complexity index is 336. The third-order valence-electron chi connectivity index (χ3n) is 2.48. The molecule has 0 fully saturated rings. The highest BCUT2D eigenvalue weighted by Crippen LogP contribution is 2.18. The van der Waals surface area contributed by atoms with Crippen molar-refractivity contribution in [2.24, 2.45) is 0 Å². The van der Waals surface area contributed by atoms with Crippen molar-refractivity contribution < 1.29 is 17.9 Å². The number of hydrogen-bond acceptors (Lipinski definition) is 2. The maximum Gasteiger partial charge on any atom is 0.411 e. The predicted molar refractivity (Wildman–Crippen MR) is 50.9 cm³/mol. The Morgan fingerprint density at radius 1 is 1.38 bits per heavy atom. The molecule has 0 unspecified atom stereocenters. The molecule has 3 nitrogen and oxygen atoms in total. The summed E-state index contributed by atoms with van der Waals surface area (Å²) in [4.78, 5) is 0. The molecular weight excluding hydrogens is 221 g/mol. The van der Waals surface area contributed by atoms with Gasteiger partial charge in [-0.25, -0.2) is 0 Å². The third-order valence-corrected chi connectivity index (χ3v) is 2.48. The molecule has 0 spiro atoms. The molecule has 1 aromatic heterocycles. The fraction of sp³-hybridized carbons (Fsp3) is 0.700. The number of alkyl halides is 3. The van der Waals surface area contributed by atoms with E-state index < -0.39 is 12.8 Å². The van der Waals surface area contributed by atoms with Gasteiger partial charge in [0.15, 0.2) is 0 Å². The van der Waals surface area contributed by atoms with Crippen LogP contribution in [0.15, 0.2) is 6.07 Å². The van der Waals surface area contributed by atoms with Crippen molar-refractivity contribution in [2.45, 2.75) is 38.6 Å². The molecule has 1 aromatic rings. The van der Waals surface area contributed by atoms with Crippen LogP contribution in [0.1, 0.15) is 24.2 Å². The van der Waals surface area contributed by atoms with Crippen LogP contribution in [-0.4, -0.2) is 22.6 Å². The normalized spacial score (nSPS) is 16.2. The molecule has 0 aliphatic carbocycles. The topological polar surface area (TPSA) is 27.1 Å². The highest BCUT2D eigenvalue weighted by Gasteiger charge is 2.27. The quantitative estimate of drug-likeness (QED) is 0.802. The van der Waals surface area contributed by atoms with Gasteiger partial charge in [-0.2, -0.15) is 18.3 Å². The lowest BCUT2D eigenvalue weighted by Crippen LogP contribution is -2.16. The van der Waals surface area contributed by atoms with Crippen molar-refractivity contribution >= 4 is 0 Å². The van der Waals surface area contributed by atoms with Crippen molar-refractivity contribution in [3.8, 4) is 0 Å². The molecule has 0 atom stereocenters. The molecule has 1 aliphatic rings. The van der Waals surface area contributed by atoms with Gasteiger partial charge in [0.2, 0.25) is 0 Å². The van der Waals surface area contributed by atoms with E-state index in [1.807, 2.05) is 10.7 Å². The zero-order valence-corrected chi connectivity index (χ0v) is 8.76.